The second-order valence-corrected chi connectivity index (χ2v) is 7.68. The van der Waals surface area contributed by atoms with E-state index in [0.717, 1.165) is 22.4 Å². The highest BCUT2D eigenvalue weighted by Gasteiger charge is 2.34. The van der Waals surface area contributed by atoms with E-state index >= 15 is 0 Å². The standard InChI is InChI=1S/C19H16Cl2N2O4S/c20-14-5-1-3-12(17(14)21)11-15-18(25)23(19(26)28-15)9-8-22-16(24)7-6-13-4-2-10-27-13/h1-5,10-11H,6-9H2,(H,22,24)/b15-11-. The minimum Gasteiger partial charge on any atom is -0.469 e. The molecule has 2 heterocycles. The van der Waals surface area contributed by atoms with Gasteiger partial charge in [-0.2, -0.15) is 0 Å². The number of hydrogen-bond acceptors (Lipinski definition) is 5. The lowest BCUT2D eigenvalue weighted by molar-refractivity contribution is -0.124. The first-order chi connectivity index (χ1) is 13.5. The fraction of sp³-hybridized carbons (Fsp3) is 0.211. The molecule has 0 aliphatic carbocycles. The smallest absolute Gasteiger partial charge is 0.293 e. The van der Waals surface area contributed by atoms with Crippen molar-refractivity contribution in [3.8, 4) is 0 Å². The van der Waals surface area contributed by atoms with Gasteiger partial charge >= 0.3 is 0 Å². The van der Waals surface area contributed by atoms with Crippen LogP contribution < -0.4 is 5.32 Å². The average Bonchev–Trinajstić information content (AvgIpc) is 3.27. The first-order valence-electron chi connectivity index (χ1n) is 8.44. The molecule has 146 valence electrons. The summed E-state index contributed by atoms with van der Waals surface area (Å²) in [4.78, 5) is 37.9. The Balaban J connectivity index is 1.53. The third kappa shape index (κ3) is 4.98. The summed E-state index contributed by atoms with van der Waals surface area (Å²) >= 11 is 12.9. The number of furan rings is 1. The topological polar surface area (TPSA) is 79.6 Å². The van der Waals surface area contributed by atoms with Gasteiger partial charge in [0.2, 0.25) is 5.91 Å². The Morgan fingerprint density at radius 1 is 1.21 bits per heavy atom. The minimum atomic E-state index is -0.420. The number of carbonyl (C=O) groups excluding carboxylic acids is 3. The van der Waals surface area contributed by atoms with Crippen LogP contribution in [0.3, 0.4) is 0 Å². The van der Waals surface area contributed by atoms with E-state index < -0.39 is 5.91 Å². The van der Waals surface area contributed by atoms with Crippen molar-refractivity contribution in [3.63, 3.8) is 0 Å². The van der Waals surface area contributed by atoms with Crippen molar-refractivity contribution in [1.29, 1.82) is 0 Å². The number of amides is 3. The lowest BCUT2D eigenvalue weighted by Crippen LogP contribution is -2.37. The van der Waals surface area contributed by atoms with Crippen LogP contribution in [0.1, 0.15) is 17.7 Å². The molecule has 0 spiro atoms. The zero-order chi connectivity index (χ0) is 20.1. The van der Waals surface area contributed by atoms with Crippen molar-refractivity contribution < 1.29 is 18.8 Å². The quantitative estimate of drug-likeness (QED) is 0.649. The van der Waals surface area contributed by atoms with Crippen LogP contribution in [0.5, 0.6) is 0 Å². The summed E-state index contributed by atoms with van der Waals surface area (Å²) in [5.41, 5.74) is 0.561. The van der Waals surface area contributed by atoms with E-state index in [0.29, 0.717) is 22.0 Å². The second-order valence-electron chi connectivity index (χ2n) is 5.91. The summed E-state index contributed by atoms with van der Waals surface area (Å²) < 4.78 is 5.17. The summed E-state index contributed by atoms with van der Waals surface area (Å²) in [5.74, 6) is 0.131. The molecule has 1 aliphatic rings. The van der Waals surface area contributed by atoms with Crippen molar-refractivity contribution in [2.75, 3.05) is 13.1 Å². The number of halogens is 2. The van der Waals surface area contributed by atoms with Gasteiger partial charge in [0.05, 0.1) is 21.2 Å². The number of hydrogen-bond donors (Lipinski definition) is 1. The molecule has 1 saturated heterocycles. The molecule has 1 aliphatic heterocycles. The van der Waals surface area contributed by atoms with Gasteiger partial charge in [-0.1, -0.05) is 35.3 Å². The van der Waals surface area contributed by atoms with Crippen molar-refractivity contribution in [3.05, 3.63) is 62.9 Å². The Hall–Kier alpha value is -2.22. The molecule has 3 rings (SSSR count). The lowest BCUT2D eigenvalue weighted by Gasteiger charge is -2.12. The average molecular weight is 439 g/mol. The summed E-state index contributed by atoms with van der Waals surface area (Å²) in [6.07, 6.45) is 3.85. The predicted molar refractivity (Wildman–Crippen MR) is 109 cm³/mol. The minimum absolute atomic E-state index is 0.0950. The molecule has 1 fully saturated rings. The molecule has 0 saturated carbocycles. The number of rotatable bonds is 7. The highest BCUT2D eigenvalue weighted by molar-refractivity contribution is 8.18. The number of imide groups is 1. The van der Waals surface area contributed by atoms with Gasteiger partial charge in [0.15, 0.2) is 0 Å². The van der Waals surface area contributed by atoms with Crippen LogP contribution in [0.2, 0.25) is 10.0 Å². The lowest BCUT2D eigenvalue weighted by atomic mass is 10.2. The molecule has 0 bridgehead atoms. The number of benzene rings is 1. The molecular formula is C19H16Cl2N2O4S. The monoisotopic (exact) mass is 438 g/mol. The molecule has 1 N–H and O–H groups in total. The zero-order valence-corrected chi connectivity index (χ0v) is 16.9. The molecule has 0 unspecified atom stereocenters. The highest BCUT2D eigenvalue weighted by atomic mass is 35.5. The molecule has 3 amide bonds. The number of carbonyl (C=O) groups is 3. The van der Waals surface area contributed by atoms with E-state index in [1.165, 1.54) is 0 Å². The van der Waals surface area contributed by atoms with Gasteiger partial charge in [-0.25, -0.2) is 0 Å². The third-order valence-electron chi connectivity index (χ3n) is 3.98. The maximum Gasteiger partial charge on any atom is 0.293 e. The zero-order valence-electron chi connectivity index (χ0n) is 14.6. The van der Waals surface area contributed by atoms with Crippen molar-refractivity contribution in [1.82, 2.24) is 10.2 Å². The Morgan fingerprint density at radius 3 is 2.79 bits per heavy atom. The number of nitrogens with one attached hydrogen (secondary N) is 1. The van der Waals surface area contributed by atoms with E-state index in [1.807, 2.05) is 0 Å². The van der Waals surface area contributed by atoms with Crippen molar-refractivity contribution in [2.45, 2.75) is 12.8 Å². The second kappa shape index (κ2) is 9.32. The molecule has 0 radical (unpaired) electrons. The summed E-state index contributed by atoms with van der Waals surface area (Å²) in [6.45, 7) is 0.276. The van der Waals surface area contributed by atoms with Gasteiger partial charge in [0, 0.05) is 25.9 Å². The van der Waals surface area contributed by atoms with Crippen LogP contribution in [0.25, 0.3) is 6.08 Å². The van der Waals surface area contributed by atoms with Crippen molar-refractivity contribution >= 4 is 58.1 Å². The first kappa shape index (κ1) is 20.5. The van der Waals surface area contributed by atoms with Gasteiger partial charge in [0.25, 0.3) is 11.1 Å². The number of aryl methyl sites for hydroxylation is 1. The van der Waals surface area contributed by atoms with E-state index in [4.69, 9.17) is 27.6 Å². The Bertz CT molecular complexity index is 928. The largest absolute Gasteiger partial charge is 0.469 e. The molecule has 1 aromatic heterocycles. The Morgan fingerprint density at radius 2 is 2.04 bits per heavy atom. The fourth-order valence-corrected chi connectivity index (χ4v) is 3.77. The van der Waals surface area contributed by atoms with Gasteiger partial charge < -0.3 is 9.73 Å². The maximum atomic E-state index is 12.5. The molecule has 28 heavy (non-hydrogen) atoms. The van der Waals surface area contributed by atoms with Gasteiger partial charge in [-0.3, -0.25) is 19.3 Å². The SMILES string of the molecule is O=C(CCc1ccco1)NCCN1C(=O)S/C(=C\c2cccc(Cl)c2Cl)C1=O. The van der Waals surface area contributed by atoms with E-state index in [1.54, 1.807) is 42.7 Å². The van der Waals surface area contributed by atoms with Crippen LogP contribution in [0, 0.1) is 0 Å². The van der Waals surface area contributed by atoms with E-state index in [2.05, 4.69) is 5.32 Å². The summed E-state index contributed by atoms with van der Waals surface area (Å²) in [7, 11) is 0. The third-order valence-corrected chi connectivity index (χ3v) is 5.72. The molecule has 6 nitrogen and oxygen atoms in total. The Kier molecular flexibility index (Phi) is 6.83. The molecule has 0 atom stereocenters. The van der Waals surface area contributed by atoms with Gasteiger partial charge in [0.1, 0.15) is 5.76 Å². The summed E-state index contributed by atoms with van der Waals surface area (Å²) in [6, 6.07) is 8.62. The first-order valence-corrected chi connectivity index (χ1v) is 10.0. The molecular weight excluding hydrogens is 423 g/mol. The van der Waals surface area contributed by atoms with Gasteiger partial charge in [-0.05, 0) is 41.6 Å². The summed E-state index contributed by atoms with van der Waals surface area (Å²) in [5, 5.41) is 3.00. The van der Waals surface area contributed by atoms with Crippen LogP contribution >= 0.6 is 35.0 Å². The Labute approximate surface area is 175 Å². The van der Waals surface area contributed by atoms with E-state index in [-0.39, 0.29) is 35.6 Å². The van der Waals surface area contributed by atoms with E-state index in [9.17, 15) is 14.4 Å². The molecule has 2 aromatic rings. The molecule has 9 heteroatoms. The van der Waals surface area contributed by atoms with Crippen LogP contribution in [-0.4, -0.2) is 35.0 Å². The predicted octanol–water partition coefficient (Wildman–Crippen LogP) is 4.37. The van der Waals surface area contributed by atoms with Crippen LogP contribution in [0.4, 0.5) is 4.79 Å². The van der Waals surface area contributed by atoms with Crippen LogP contribution in [-0.2, 0) is 16.0 Å². The van der Waals surface area contributed by atoms with Crippen LogP contribution in [0.15, 0.2) is 45.9 Å². The van der Waals surface area contributed by atoms with Gasteiger partial charge in [-0.15, -0.1) is 0 Å². The van der Waals surface area contributed by atoms with Crippen molar-refractivity contribution in [2.24, 2.45) is 0 Å². The number of thioether (sulfide) groups is 1. The maximum absolute atomic E-state index is 12.5. The fourth-order valence-electron chi connectivity index (χ4n) is 2.55. The normalized spacial score (nSPS) is 15.5. The number of nitrogens with zero attached hydrogens (tertiary/aromatic N) is 1. The molecule has 1 aromatic carbocycles. The highest BCUT2D eigenvalue weighted by Crippen LogP contribution is 2.34.